The quantitative estimate of drug-likeness (QED) is 0.313. The molecule has 166 valence electrons. The summed E-state index contributed by atoms with van der Waals surface area (Å²) in [5, 5.41) is 11.3. The molecule has 0 radical (unpaired) electrons. The maximum Gasteiger partial charge on any atom is 0.180 e. The fourth-order valence-corrected chi connectivity index (χ4v) is 5.78. The molecule has 6 nitrogen and oxygen atoms in total. The largest absolute Gasteiger partial charge is 0.490 e. The summed E-state index contributed by atoms with van der Waals surface area (Å²) in [5.74, 6) is 0.611. The van der Waals surface area contributed by atoms with Gasteiger partial charge in [-0.05, 0) is 73.5 Å². The molecule has 4 aromatic rings. The number of ether oxygens (including phenoxy) is 1. The van der Waals surface area contributed by atoms with Gasteiger partial charge in [0.1, 0.15) is 16.8 Å². The predicted octanol–water partition coefficient (Wildman–Crippen LogP) is 6.14. The van der Waals surface area contributed by atoms with Gasteiger partial charge in [-0.15, -0.1) is 11.3 Å². The fraction of sp³-hybridized carbons (Fsp3) is 0.240. The van der Waals surface area contributed by atoms with Gasteiger partial charge in [0.05, 0.1) is 16.5 Å². The van der Waals surface area contributed by atoms with Crippen molar-refractivity contribution in [2.24, 2.45) is 0 Å². The standard InChI is InChI=1S/C25H23N5OS2/c1-15(2)31-22-9-6-16(12-17(22)13-26)24-29-14-23(32-24)20-5-3-4-19-18(20)7-8-21(19)30-33-25-27-10-11-28-25/h3-6,9-12,14-15,21,30H,7-8H2,1-2H3,(H,27,28)/t21-/m0/s1. The summed E-state index contributed by atoms with van der Waals surface area (Å²) in [4.78, 5) is 13.2. The summed E-state index contributed by atoms with van der Waals surface area (Å²) in [6.07, 6.45) is 7.63. The number of hydrogen-bond donors (Lipinski definition) is 2. The van der Waals surface area contributed by atoms with Crippen LogP contribution in [0.3, 0.4) is 0 Å². The minimum absolute atomic E-state index is 0.0189. The highest BCUT2D eigenvalue weighted by Gasteiger charge is 2.26. The van der Waals surface area contributed by atoms with E-state index in [1.54, 1.807) is 17.5 Å². The average molecular weight is 474 g/mol. The molecule has 8 heteroatoms. The Labute approximate surface area is 201 Å². The average Bonchev–Trinajstić information content (AvgIpc) is 3.58. The lowest BCUT2D eigenvalue weighted by Crippen LogP contribution is -2.11. The van der Waals surface area contributed by atoms with Crippen molar-refractivity contribution in [3.05, 3.63) is 71.7 Å². The first-order valence-electron chi connectivity index (χ1n) is 10.8. The Hall–Kier alpha value is -3.12. The Bertz CT molecular complexity index is 1310. The van der Waals surface area contributed by atoms with Crippen molar-refractivity contribution in [2.45, 2.75) is 44.0 Å². The second-order valence-electron chi connectivity index (χ2n) is 8.10. The van der Waals surface area contributed by atoms with Gasteiger partial charge in [-0.3, -0.25) is 0 Å². The Balaban J connectivity index is 1.39. The van der Waals surface area contributed by atoms with Gasteiger partial charge < -0.3 is 9.72 Å². The first kappa shape index (κ1) is 21.7. The Morgan fingerprint density at radius 2 is 2.18 bits per heavy atom. The lowest BCUT2D eigenvalue weighted by molar-refractivity contribution is 0.242. The predicted molar refractivity (Wildman–Crippen MR) is 132 cm³/mol. The maximum absolute atomic E-state index is 9.56. The van der Waals surface area contributed by atoms with E-state index >= 15 is 0 Å². The van der Waals surface area contributed by atoms with E-state index in [0.717, 1.165) is 33.4 Å². The van der Waals surface area contributed by atoms with Gasteiger partial charge in [-0.25, -0.2) is 14.7 Å². The van der Waals surface area contributed by atoms with E-state index in [-0.39, 0.29) is 12.1 Å². The fourth-order valence-electron chi connectivity index (χ4n) is 4.08. The van der Waals surface area contributed by atoms with E-state index in [4.69, 9.17) is 4.74 Å². The van der Waals surface area contributed by atoms with Crippen LogP contribution in [0, 0.1) is 11.3 Å². The molecule has 0 aliphatic heterocycles. The van der Waals surface area contributed by atoms with E-state index in [9.17, 15) is 5.26 Å². The number of imidazole rings is 1. The molecule has 0 saturated carbocycles. The van der Waals surface area contributed by atoms with Crippen molar-refractivity contribution < 1.29 is 4.74 Å². The van der Waals surface area contributed by atoms with Gasteiger partial charge in [-0.2, -0.15) is 5.26 Å². The first-order chi connectivity index (χ1) is 16.1. The third kappa shape index (κ3) is 4.53. The van der Waals surface area contributed by atoms with E-state index in [2.05, 4.69) is 43.9 Å². The number of rotatable bonds is 7. The molecule has 2 aromatic heterocycles. The summed E-state index contributed by atoms with van der Waals surface area (Å²) in [5.41, 5.74) is 5.42. The highest BCUT2D eigenvalue weighted by molar-refractivity contribution is 7.97. The summed E-state index contributed by atoms with van der Waals surface area (Å²) in [7, 11) is 0. The number of nitrogens with zero attached hydrogens (tertiary/aromatic N) is 3. The molecule has 1 atom stereocenters. The van der Waals surface area contributed by atoms with Gasteiger partial charge in [0, 0.05) is 30.2 Å². The van der Waals surface area contributed by atoms with Gasteiger partial charge in [0.25, 0.3) is 0 Å². The minimum Gasteiger partial charge on any atom is -0.490 e. The number of nitrogens with one attached hydrogen (secondary N) is 2. The minimum atomic E-state index is 0.0189. The molecule has 1 aliphatic carbocycles. The van der Waals surface area contributed by atoms with Gasteiger partial charge in [0.2, 0.25) is 0 Å². The summed E-state index contributed by atoms with van der Waals surface area (Å²) in [6.45, 7) is 3.91. The van der Waals surface area contributed by atoms with Crippen LogP contribution in [-0.4, -0.2) is 21.1 Å². The van der Waals surface area contributed by atoms with Crippen molar-refractivity contribution >= 4 is 23.3 Å². The Kier molecular flexibility index (Phi) is 6.18. The van der Waals surface area contributed by atoms with Crippen LogP contribution in [0.4, 0.5) is 0 Å². The third-order valence-electron chi connectivity index (χ3n) is 5.52. The molecule has 2 aromatic carbocycles. The number of thiazole rings is 1. The first-order valence-corrected chi connectivity index (χ1v) is 12.5. The molecular formula is C25H23N5OS2. The molecule has 5 rings (SSSR count). The highest BCUT2D eigenvalue weighted by atomic mass is 32.2. The highest BCUT2D eigenvalue weighted by Crippen LogP contribution is 2.42. The van der Waals surface area contributed by atoms with E-state index in [1.807, 2.05) is 44.4 Å². The number of fused-ring (bicyclic) bond motifs is 1. The molecular weight excluding hydrogens is 450 g/mol. The van der Waals surface area contributed by atoms with Gasteiger partial charge >= 0.3 is 0 Å². The van der Waals surface area contributed by atoms with Crippen molar-refractivity contribution in [3.63, 3.8) is 0 Å². The third-order valence-corrected chi connectivity index (χ3v) is 7.42. The molecule has 0 bridgehead atoms. The van der Waals surface area contributed by atoms with Crippen LogP contribution in [-0.2, 0) is 6.42 Å². The van der Waals surface area contributed by atoms with Crippen LogP contribution in [0.15, 0.2) is 60.1 Å². The van der Waals surface area contributed by atoms with Crippen LogP contribution in [0.25, 0.3) is 21.0 Å². The number of aromatic amines is 1. The zero-order valence-electron chi connectivity index (χ0n) is 18.3. The van der Waals surface area contributed by atoms with Crippen LogP contribution in [0.5, 0.6) is 5.75 Å². The normalized spacial score (nSPS) is 14.9. The van der Waals surface area contributed by atoms with Crippen LogP contribution < -0.4 is 9.46 Å². The second-order valence-corrected chi connectivity index (χ2v) is 9.96. The molecule has 0 saturated heterocycles. The number of H-pyrrole nitrogens is 1. The summed E-state index contributed by atoms with van der Waals surface area (Å²) < 4.78 is 9.30. The molecule has 33 heavy (non-hydrogen) atoms. The zero-order valence-corrected chi connectivity index (χ0v) is 20.0. The Morgan fingerprint density at radius 1 is 1.27 bits per heavy atom. The second kappa shape index (κ2) is 9.40. The van der Waals surface area contributed by atoms with Crippen molar-refractivity contribution in [2.75, 3.05) is 0 Å². The topological polar surface area (TPSA) is 86.6 Å². The van der Waals surface area contributed by atoms with Crippen molar-refractivity contribution in [1.82, 2.24) is 19.7 Å². The smallest absolute Gasteiger partial charge is 0.180 e. The number of hydrogen-bond acceptors (Lipinski definition) is 7. The van der Waals surface area contributed by atoms with Gasteiger partial charge in [0.15, 0.2) is 5.16 Å². The number of nitriles is 1. The van der Waals surface area contributed by atoms with E-state index in [1.165, 1.54) is 28.6 Å². The molecule has 2 N–H and O–H groups in total. The van der Waals surface area contributed by atoms with Crippen molar-refractivity contribution in [3.8, 4) is 32.8 Å². The van der Waals surface area contributed by atoms with E-state index in [0.29, 0.717) is 11.3 Å². The SMILES string of the molecule is CC(C)Oc1ccc(-c2ncc(-c3cccc4c3CC[C@@H]4NSc3ncc[nH]3)s2)cc1C#N. The molecule has 0 spiro atoms. The van der Waals surface area contributed by atoms with Gasteiger partial charge in [-0.1, -0.05) is 18.2 Å². The monoisotopic (exact) mass is 473 g/mol. The lowest BCUT2D eigenvalue weighted by atomic mass is 10.0. The maximum atomic E-state index is 9.56. The number of benzene rings is 2. The lowest BCUT2D eigenvalue weighted by Gasteiger charge is -2.13. The molecule has 0 unspecified atom stereocenters. The molecule has 0 amide bonds. The van der Waals surface area contributed by atoms with E-state index < -0.39 is 0 Å². The molecule has 2 heterocycles. The molecule has 1 aliphatic rings. The van der Waals surface area contributed by atoms with Crippen LogP contribution in [0.2, 0.25) is 0 Å². The number of aromatic nitrogens is 3. The van der Waals surface area contributed by atoms with Crippen molar-refractivity contribution in [1.29, 1.82) is 5.26 Å². The zero-order chi connectivity index (χ0) is 22.8. The molecule has 0 fully saturated rings. The van der Waals surface area contributed by atoms with Crippen LogP contribution >= 0.6 is 23.3 Å². The summed E-state index contributed by atoms with van der Waals surface area (Å²) >= 11 is 3.19. The summed E-state index contributed by atoms with van der Waals surface area (Å²) in [6, 6.07) is 14.7. The Morgan fingerprint density at radius 3 is 2.97 bits per heavy atom. The van der Waals surface area contributed by atoms with Crippen LogP contribution in [0.1, 0.15) is 43.0 Å².